The van der Waals surface area contributed by atoms with Crippen molar-refractivity contribution in [3.8, 4) is 22.5 Å². The molecule has 0 unspecified atom stereocenters. The Bertz CT molecular complexity index is 6090. The van der Waals surface area contributed by atoms with Gasteiger partial charge in [0.25, 0.3) is 0 Å². The standard InChI is InChI=1S/2C17H16BN2.2C14H12N2.2C11H8N.3C9H8BN2.C5H8O2.5Ir/c2*1-14-8-7-9-15(2)17(14)20-13-6-4-11-18(20)16-10-3-5-12-19-16;2*1-15-11-16(12-7-3-2-4-8-12)14-10-6-5-9-13(14)15;2*1-2-6-10(7-3-1)11-8-4-5-9-12-11;3*1-3-7-11-9(5-1)10-6-2-4-8-12-10;1-4(6)3-5(2)7;;;;;/h2*3-10,12-13H,1-2H3;2*2-7,9-11H,1H3;2*1-6,8-9H;3*1-8H;3,6H,1-2H3;;;;;/q2*-1;2*-2;5*-1;;;;;2*+3. The summed E-state index contributed by atoms with van der Waals surface area (Å²) in [5.41, 5.74) is 23.5. The third-order valence-corrected chi connectivity index (χ3v) is 21.5. The smallest absolute Gasteiger partial charge is 0.704 e. The topological polar surface area (TPSA) is 189 Å². The summed E-state index contributed by atoms with van der Waals surface area (Å²) in [5, 5.41) is 21.2. The van der Waals surface area contributed by atoms with E-state index in [4.69, 9.17) is 5.11 Å². The first-order valence-corrected chi connectivity index (χ1v) is 45.6. The molecule has 144 heavy (non-hydrogen) atoms. The van der Waals surface area contributed by atoms with Gasteiger partial charge in [-0.05, 0) is 185 Å². The van der Waals surface area contributed by atoms with E-state index in [-0.39, 0.29) is 146 Å². The Morgan fingerprint density at radius 2 is 0.639 bits per heavy atom. The van der Waals surface area contributed by atoms with E-state index >= 15 is 0 Å². The zero-order valence-corrected chi connectivity index (χ0v) is 92.7. The number of carbonyl (C=O) groups excluding carboxylic acids is 1. The quantitative estimate of drug-likeness (QED) is 0.0526. The number of carbonyl (C=O) groups is 1. The van der Waals surface area contributed by atoms with Gasteiger partial charge in [-0.2, -0.15) is 105 Å². The summed E-state index contributed by atoms with van der Waals surface area (Å²) in [6.07, 6.45) is 43.1. The number of para-hydroxylation sites is 8. The normalized spacial score (nSPS) is 12.8. The van der Waals surface area contributed by atoms with E-state index in [0.717, 1.165) is 61.9 Å². The fourth-order valence-electron chi connectivity index (χ4n) is 15.1. The summed E-state index contributed by atoms with van der Waals surface area (Å²) in [6.45, 7) is 16.0. The van der Waals surface area contributed by atoms with E-state index in [0.29, 0.717) is 0 Å². The number of fused-ring (bicyclic) bond motifs is 2. The van der Waals surface area contributed by atoms with Gasteiger partial charge in [-0.25, -0.2) is 12.2 Å². The first-order valence-electron chi connectivity index (χ1n) is 45.6. The van der Waals surface area contributed by atoms with E-state index < -0.39 is 0 Å². The molecule has 0 fully saturated rings. The number of hydrogen-bond donors (Lipinski definition) is 1. The molecule has 725 valence electrons. The molecule has 3 radical (unpaired) electrons. The number of nitrogens with zero attached hydrogens (tertiary/aromatic N) is 16. The first-order chi connectivity index (χ1) is 68.2. The number of hydrogen-bond acceptors (Lipinski definition) is 15. The molecule has 0 saturated carbocycles. The summed E-state index contributed by atoms with van der Waals surface area (Å²) in [7, 11) is 4.11. The van der Waals surface area contributed by atoms with Crippen LogP contribution in [0.25, 0.3) is 38.2 Å². The van der Waals surface area contributed by atoms with Crippen LogP contribution in [0.4, 0.5) is 45.5 Å². The summed E-state index contributed by atoms with van der Waals surface area (Å²) in [5.74, 6) is 12.8. The third-order valence-electron chi connectivity index (χ3n) is 21.5. The van der Waals surface area contributed by atoms with E-state index in [1.54, 1.807) is 49.6 Å². The fraction of sp³-hybridized carbons (Fsp3) is 0.0690. The van der Waals surface area contributed by atoms with Gasteiger partial charge in [0.05, 0.1) is 5.76 Å². The van der Waals surface area contributed by atoms with Crippen LogP contribution < -0.4 is 57.2 Å². The fourth-order valence-corrected chi connectivity index (χ4v) is 15.1. The zero-order chi connectivity index (χ0) is 96.8. The number of aliphatic hydroxyl groups excluding tert-OH is 1. The maximum atomic E-state index is 10.0. The Morgan fingerprint density at radius 1 is 0.340 bits per heavy atom. The molecule has 0 aliphatic carbocycles. The number of aryl methyl sites for hydroxylation is 4. The number of rotatable bonds is 12. The van der Waals surface area contributed by atoms with E-state index in [1.165, 1.54) is 76.3 Å². The largest absolute Gasteiger partial charge is 3.00 e. The number of anilines is 8. The molecule has 0 spiro atoms. The van der Waals surface area contributed by atoms with Crippen LogP contribution in [-0.4, -0.2) is 94.1 Å². The molecule has 15 aromatic rings. The minimum absolute atomic E-state index is 0. The van der Waals surface area contributed by atoms with E-state index in [9.17, 15) is 4.79 Å². The van der Waals surface area contributed by atoms with Crippen molar-refractivity contribution >= 4 is 113 Å². The Kier molecular flexibility index (Phi) is 50.7. The van der Waals surface area contributed by atoms with Crippen molar-refractivity contribution in [2.75, 3.05) is 43.3 Å². The Hall–Kier alpha value is -13.8. The SMILES string of the molecule is C1=C[N-]B(c2ccccn2)C=C1.C1=C[N-]B(c2ccccn2)C=C1.C1=C[N-]B(c2ccccn2)C=C1.CC(=O)C=C(C)O.CN1[CH-]N(c2[c-]cccc2)c2ccccc21.CN1[CH-]N(c2[c-]cccc2)c2ccccc21.Cc1cccc(C)c1N1C=CC=[C-]B1c1ccccn1.Cc1cccc(C)c1N1C=CC=[C-]B1c1ccccn1.[Ir+3].[Ir+3].[Ir].[Ir].[Ir].[c-]1ccccc1-c1ccccn1.[c-]1ccccc1-c1ccccn1. The van der Waals surface area contributed by atoms with Gasteiger partial charge in [-0.15, -0.1) is 101 Å². The van der Waals surface area contributed by atoms with Crippen LogP contribution in [-0.2, 0) is 105 Å². The minimum Gasteiger partial charge on any atom is -0.704 e. The average molecular weight is 2770 g/mol. The molecule has 7 aliphatic heterocycles. The maximum absolute atomic E-state index is 10.0. The summed E-state index contributed by atoms with van der Waals surface area (Å²) in [6, 6.07) is 115. The number of aromatic nitrogens is 7. The molecule has 7 aromatic heterocycles. The van der Waals surface area contributed by atoms with Crippen LogP contribution in [0.5, 0.6) is 0 Å². The van der Waals surface area contributed by atoms with Gasteiger partial charge in [0.2, 0.25) is 13.7 Å². The Balaban J connectivity index is 0.000000197. The number of pyridine rings is 7. The second-order valence-corrected chi connectivity index (χ2v) is 31.7. The van der Waals surface area contributed by atoms with Crippen LogP contribution in [0.15, 0.2) is 474 Å². The zero-order valence-electron chi connectivity index (χ0n) is 80.7. The molecule has 0 amide bonds. The van der Waals surface area contributed by atoms with Gasteiger partial charge in [-0.1, -0.05) is 182 Å². The van der Waals surface area contributed by atoms with Crippen molar-refractivity contribution in [3.05, 3.63) is 562 Å². The molecule has 8 aromatic carbocycles. The number of aliphatic hydroxyl groups is 1. The van der Waals surface area contributed by atoms with Gasteiger partial charge in [0.15, 0.2) is 5.78 Å². The summed E-state index contributed by atoms with van der Waals surface area (Å²) >= 11 is 0. The van der Waals surface area contributed by atoms with Gasteiger partial charge in [-0.3, -0.25) is 41.7 Å². The molecule has 28 heteroatoms. The minimum atomic E-state index is -0.125. The van der Waals surface area contributed by atoms with Gasteiger partial charge < -0.3 is 60.0 Å². The second kappa shape index (κ2) is 63.3. The predicted octanol–water partition coefficient (Wildman–Crippen LogP) is 22.0. The molecule has 0 saturated heterocycles. The monoisotopic (exact) mass is 2770 g/mol. The first kappa shape index (κ1) is 115. The van der Waals surface area contributed by atoms with Crippen molar-refractivity contribution in [1.82, 2.24) is 34.9 Å². The number of allylic oxidation sites excluding steroid dienone is 12. The van der Waals surface area contributed by atoms with Gasteiger partial charge in [0, 0.05) is 155 Å². The van der Waals surface area contributed by atoms with Crippen LogP contribution in [0.1, 0.15) is 36.1 Å². The van der Waals surface area contributed by atoms with Crippen molar-refractivity contribution in [3.63, 3.8) is 0 Å². The molecular weight excluding hydrogens is 2660 g/mol. The molecule has 1 N–H and O–H groups in total. The van der Waals surface area contributed by atoms with Gasteiger partial charge >= 0.3 is 40.2 Å². The van der Waals surface area contributed by atoms with Crippen LogP contribution in [0.2, 0.25) is 0 Å². The van der Waals surface area contributed by atoms with Crippen molar-refractivity contribution in [2.24, 2.45) is 0 Å². The van der Waals surface area contributed by atoms with E-state index in [2.05, 4.69) is 281 Å². The predicted molar refractivity (Wildman–Crippen MR) is 581 cm³/mol. The van der Waals surface area contributed by atoms with Crippen molar-refractivity contribution in [1.29, 1.82) is 0 Å². The molecule has 0 atom stereocenters. The molecule has 14 heterocycles. The second-order valence-electron chi connectivity index (χ2n) is 31.7. The van der Waals surface area contributed by atoms with Crippen LogP contribution in [0.3, 0.4) is 0 Å². The van der Waals surface area contributed by atoms with E-state index in [1.807, 2.05) is 303 Å². The summed E-state index contributed by atoms with van der Waals surface area (Å²) < 4.78 is 0. The van der Waals surface area contributed by atoms with Gasteiger partial charge in [0.1, 0.15) is 20.5 Å². The van der Waals surface area contributed by atoms with Crippen molar-refractivity contribution < 1.29 is 110 Å². The molecule has 7 aliphatic rings. The van der Waals surface area contributed by atoms with Crippen LogP contribution >= 0.6 is 0 Å². The number of benzene rings is 8. The Morgan fingerprint density at radius 3 is 0.903 bits per heavy atom. The molecule has 18 nitrogen and oxygen atoms in total. The third kappa shape index (κ3) is 35.4. The maximum Gasteiger partial charge on any atom is 3.00 e. The summed E-state index contributed by atoms with van der Waals surface area (Å²) in [4.78, 5) is 53.1. The van der Waals surface area contributed by atoms with Crippen LogP contribution in [0, 0.1) is 77.2 Å². The number of ketones is 1. The molecule has 22 rings (SSSR count). The molecular formula is C116H104B5Ir5N16O2-5. The van der Waals surface area contributed by atoms with Crippen molar-refractivity contribution in [2.45, 2.75) is 41.5 Å². The Labute approximate surface area is 919 Å². The average Bonchev–Trinajstić information content (AvgIpc) is 1.53. The molecule has 0 bridgehead atoms.